The summed E-state index contributed by atoms with van der Waals surface area (Å²) in [4.78, 5) is 26.6. The number of carbonyl (C=O) groups is 2. The molecule has 3 aromatic carbocycles. The highest BCUT2D eigenvalue weighted by Crippen LogP contribution is 2.59. The Kier molecular flexibility index (Phi) is 4.29. The Labute approximate surface area is 174 Å². The molecule has 0 saturated heterocycles. The molecule has 0 aromatic heterocycles. The number of anilines is 1. The Morgan fingerprint density at radius 1 is 0.759 bits per heavy atom. The highest BCUT2D eigenvalue weighted by atomic mass is 35.5. The lowest BCUT2D eigenvalue weighted by molar-refractivity contribution is -0.128. The van der Waals surface area contributed by atoms with Crippen LogP contribution in [0.15, 0.2) is 78.9 Å². The van der Waals surface area contributed by atoms with Crippen LogP contribution in [0.25, 0.3) is 0 Å². The summed E-state index contributed by atoms with van der Waals surface area (Å²) in [5.41, 5.74) is 2.97. The van der Waals surface area contributed by atoms with E-state index in [2.05, 4.69) is 5.32 Å². The van der Waals surface area contributed by atoms with Crippen molar-refractivity contribution in [1.82, 2.24) is 0 Å². The van der Waals surface area contributed by atoms with Gasteiger partial charge in [0.1, 0.15) is 5.78 Å². The fraction of sp³-hybridized carbons (Fsp3) is 0.200. The van der Waals surface area contributed by atoms with E-state index < -0.39 is 5.41 Å². The zero-order chi connectivity index (χ0) is 20.0. The predicted octanol–water partition coefficient (Wildman–Crippen LogP) is 5.46. The van der Waals surface area contributed by atoms with Gasteiger partial charge in [0.25, 0.3) is 0 Å². The number of fused-ring (bicyclic) bond motifs is 2. The molecular weight excluding hydrogens is 382 g/mol. The third kappa shape index (κ3) is 2.72. The van der Waals surface area contributed by atoms with Crippen molar-refractivity contribution < 1.29 is 9.59 Å². The molecule has 2 aliphatic rings. The number of nitrogens with one attached hydrogen (secondary N) is 1. The second-order valence-corrected chi connectivity index (χ2v) is 8.32. The Balaban J connectivity index is 1.79. The molecule has 0 bridgehead atoms. The van der Waals surface area contributed by atoms with Crippen LogP contribution in [0.4, 0.5) is 5.69 Å². The molecule has 0 radical (unpaired) electrons. The highest BCUT2D eigenvalue weighted by Gasteiger charge is 2.60. The van der Waals surface area contributed by atoms with Gasteiger partial charge in [-0.1, -0.05) is 72.3 Å². The number of hydrogen-bond acceptors (Lipinski definition) is 2. The van der Waals surface area contributed by atoms with Gasteiger partial charge in [0, 0.05) is 35.4 Å². The van der Waals surface area contributed by atoms with Crippen molar-refractivity contribution >= 4 is 29.0 Å². The van der Waals surface area contributed by atoms with Crippen molar-refractivity contribution in [2.24, 2.45) is 0 Å². The number of halogens is 1. The summed E-state index contributed by atoms with van der Waals surface area (Å²) in [5.74, 6) is -0.328. The molecule has 1 aliphatic heterocycles. The van der Waals surface area contributed by atoms with Crippen LogP contribution in [0.3, 0.4) is 0 Å². The van der Waals surface area contributed by atoms with Gasteiger partial charge >= 0.3 is 0 Å². The van der Waals surface area contributed by atoms with Gasteiger partial charge < -0.3 is 5.32 Å². The largest absolute Gasteiger partial charge is 0.325 e. The average molecular weight is 402 g/mol. The number of Topliss-reactive ketones (excluding diaryl/α,β-unsaturated/α-hetero) is 1. The number of amides is 1. The first-order chi connectivity index (χ1) is 14.1. The van der Waals surface area contributed by atoms with Crippen LogP contribution < -0.4 is 5.32 Å². The molecule has 3 atom stereocenters. The summed E-state index contributed by atoms with van der Waals surface area (Å²) in [6, 6.07) is 25.4. The molecule has 1 aliphatic carbocycles. The van der Waals surface area contributed by atoms with Crippen LogP contribution in [0, 0.1) is 0 Å². The maximum atomic E-state index is 13.7. The first kappa shape index (κ1) is 18.1. The van der Waals surface area contributed by atoms with Gasteiger partial charge in [-0.05, 0) is 34.9 Å². The number of rotatable bonds is 2. The maximum absolute atomic E-state index is 13.7. The minimum atomic E-state index is -0.834. The maximum Gasteiger partial charge on any atom is 0.236 e. The van der Waals surface area contributed by atoms with Crippen molar-refractivity contribution in [3.8, 4) is 0 Å². The smallest absolute Gasteiger partial charge is 0.236 e. The molecule has 1 amide bonds. The van der Waals surface area contributed by atoms with Crippen molar-refractivity contribution in [2.75, 3.05) is 5.32 Å². The lowest BCUT2D eigenvalue weighted by atomic mass is 9.54. The monoisotopic (exact) mass is 401 g/mol. The number of carbonyl (C=O) groups excluding carboxylic acids is 2. The fourth-order valence-corrected chi connectivity index (χ4v) is 5.36. The molecule has 3 aromatic rings. The van der Waals surface area contributed by atoms with Crippen molar-refractivity contribution in [2.45, 2.75) is 30.1 Å². The zero-order valence-electron chi connectivity index (χ0n) is 15.8. The van der Waals surface area contributed by atoms with Crippen molar-refractivity contribution in [3.63, 3.8) is 0 Å². The van der Waals surface area contributed by atoms with E-state index >= 15 is 0 Å². The Bertz CT molecular complexity index is 1090. The summed E-state index contributed by atoms with van der Waals surface area (Å²) in [7, 11) is 0. The van der Waals surface area contributed by atoms with Gasteiger partial charge in [0.15, 0.2) is 0 Å². The molecule has 4 heteroatoms. The van der Waals surface area contributed by atoms with Crippen molar-refractivity contribution in [1.29, 1.82) is 0 Å². The van der Waals surface area contributed by atoms with Gasteiger partial charge in [0.05, 0.1) is 5.41 Å². The lowest BCUT2D eigenvalue weighted by Crippen LogP contribution is -2.50. The van der Waals surface area contributed by atoms with Gasteiger partial charge in [-0.3, -0.25) is 9.59 Å². The van der Waals surface area contributed by atoms with Crippen LogP contribution in [0.1, 0.15) is 41.4 Å². The second kappa shape index (κ2) is 6.85. The van der Waals surface area contributed by atoms with E-state index in [9.17, 15) is 9.59 Å². The third-order valence-electron chi connectivity index (χ3n) is 6.43. The normalized spacial score (nSPS) is 25.7. The van der Waals surface area contributed by atoms with Crippen LogP contribution in [-0.4, -0.2) is 11.7 Å². The molecule has 3 nitrogen and oxygen atoms in total. The standard InChI is InChI=1S/C25H20ClNO2/c26-18-12-10-17(11-13-18)22-15-19(28)14-21(16-6-2-1-3-7-16)25(22)20-8-4-5-9-23(20)27-24(25)29/h1-13,21-22H,14-15H2,(H,27,29)/t21-,22-,25?/m0/s1. The topological polar surface area (TPSA) is 46.2 Å². The number of hydrogen-bond donors (Lipinski definition) is 1. The molecule has 1 N–H and O–H groups in total. The predicted molar refractivity (Wildman–Crippen MR) is 114 cm³/mol. The Hall–Kier alpha value is -2.91. The molecule has 1 spiro atoms. The highest BCUT2D eigenvalue weighted by molar-refractivity contribution is 6.30. The third-order valence-corrected chi connectivity index (χ3v) is 6.69. The zero-order valence-corrected chi connectivity index (χ0v) is 16.5. The Morgan fingerprint density at radius 2 is 1.34 bits per heavy atom. The lowest BCUT2D eigenvalue weighted by Gasteiger charge is -2.46. The van der Waals surface area contributed by atoms with E-state index in [1.807, 2.05) is 78.9 Å². The molecule has 1 saturated carbocycles. The van der Waals surface area contributed by atoms with E-state index in [0.29, 0.717) is 17.9 Å². The summed E-state index contributed by atoms with van der Waals surface area (Å²) in [5, 5.41) is 3.75. The summed E-state index contributed by atoms with van der Waals surface area (Å²) < 4.78 is 0. The molecule has 29 heavy (non-hydrogen) atoms. The number of para-hydroxylation sites is 1. The molecule has 5 rings (SSSR count). The van der Waals surface area contributed by atoms with Crippen LogP contribution >= 0.6 is 11.6 Å². The molecule has 1 fully saturated rings. The molecular formula is C25H20ClNO2. The van der Waals surface area contributed by atoms with E-state index in [0.717, 1.165) is 22.4 Å². The van der Waals surface area contributed by atoms with E-state index in [4.69, 9.17) is 11.6 Å². The molecule has 1 unspecified atom stereocenters. The molecule has 1 heterocycles. The second-order valence-electron chi connectivity index (χ2n) is 7.88. The van der Waals surface area contributed by atoms with Gasteiger partial charge in [-0.2, -0.15) is 0 Å². The van der Waals surface area contributed by atoms with Crippen molar-refractivity contribution in [3.05, 3.63) is 101 Å². The quantitative estimate of drug-likeness (QED) is 0.619. The van der Waals surface area contributed by atoms with E-state index in [1.54, 1.807) is 0 Å². The first-order valence-electron chi connectivity index (χ1n) is 9.83. The minimum absolute atomic E-state index is 0.0278. The summed E-state index contributed by atoms with van der Waals surface area (Å²) in [6.07, 6.45) is 0.697. The first-order valence-corrected chi connectivity index (χ1v) is 10.2. The fourth-order valence-electron chi connectivity index (χ4n) is 5.24. The molecule has 144 valence electrons. The summed E-state index contributed by atoms with van der Waals surface area (Å²) >= 11 is 6.12. The van der Waals surface area contributed by atoms with Gasteiger partial charge in [-0.15, -0.1) is 0 Å². The van der Waals surface area contributed by atoms with Crippen LogP contribution in [0.2, 0.25) is 5.02 Å². The minimum Gasteiger partial charge on any atom is -0.325 e. The number of benzene rings is 3. The van der Waals surface area contributed by atoms with Gasteiger partial charge in [-0.25, -0.2) is 0 Å². The summed E-state index contributed by atoms with van der Waals surface area (Å²) in [6.45, 7) is 0. The average Bonchev–Trinajstić information content (AvgIpc) is 3.03. The van der Waals surface area contributed by atoms with E-state index in [1.165, 1.54) is 0 Å². The number of ketones is 1. The van der Waals surface area contributed by atoms with E-state index in [-0.39, 0.29) is 23.5 Å². The van der Waals surface area contributed by atoms with Gasteiger partial charge in [0.2, 0.25) is 5.91 Å². The van der Waals surface area contributed by atoms with Crippen LogP contribution in [-0.2, 0) is 15.0 Å². The Morgan fingerprint density at radius 3 is 2.03 bits per heavy atom. The SMILES string of the molecule is O=C1C[C@@H](c2ccccc2)C2(C(=O)Nc3ccccc32)[C@H](c2ccc(Cl)cc2)C1. The van der Waals surface area contributed by atoms with Crippen LogP contribution in [0.5, 0.6) is 0 Å².